The largest absolute Gasteiger partial charge is 0.497 e. The van der Waals surface area contributed by atoms with Gasteiger partial charge < -0.3 is 24.8 Å². The molecule has 8 nitrogen and oxygen atoms in total. The van der Waals surface area contributed by atoms with Gasteiger partial charge in [0.15, 0.2) is 0 Å². The van der Waals surface area contributed by atoms with Gasteiger partial charge in [0, 0.05) is 42.5 Å². The molecule has 9 heteroatoms. The number of pyridine rings is 1. The van der Waals surface area contributed by atoms with Crippen LogP contribution >= 0.6 is 0 Å². The van der Waals surface area contributed by atoms with Crippen LogP contribution in [-0.4, -0.2) is 41.6 Å². The molecule has 2 aliphatic rings. The van der Waals surface area contributed by atoms with E-state index in [1.165, 1.54) is 24.3 Å². The van der Waals surface area contributed by atoms with Crippen molar-refractivity contribution in [3.63, 3.8) is 0 Å². The Hall–Kier alpha value is -4.14. The van der Waals surface area contributed by atoms with Crippen molar-refractivity contribution >= 4 is 23.3 Å². The summed E-state index contributed by atoms with van der Waals surface area (Å²) in [6.45, 7) is 1.51. The second-order valence-electron chi connectivity index (χ2n) is 8.91. The van der Waals surface area contributed by atoms with E-state index in [9.17, 15) is 18.8 Å². The van der Waals surface area contributed by atoms with Crippen molar-refractivity contribution < 1.29 is 18.7 Å². The van der Waals surface area contributed by atoms with Crippen LogP contribution in [-0.2, 0) is 6.54 Å². The molecule has 0 unspecified atom stereocenters. The molecule has 2 bridgehead atoms. The first-order chi connectivity index (χ1) is 16.9. The Morgan fingerprint density at radius 2 is 1.69 bits per heavy atom. The fourth-order valence-corrected chi connectivity index (χ4v) is 4.88. The summed E-state index contributed by atoms with van der Waals surface area (Å²) in [5, 5.41) is 5.58. The standard InChI is InChI=1S/C26H25FN4O4/c1-35-21-8-6-20(7-9-21)28-26(34)30-13-16-12-18(15-30)23-11-10-22(25(33)31(23)14-16)29-24(32)17-2-4-19(27)5-3-17/h2-11,16,18H,12-15H2,1H3,(H,28,34)(H,29,32)/t16-,18+/m0/s1. The molecular weight excluding hydrogens is 451 g/mol. The van der Waals surface area contributed by atoms with Crippen molar-refractivity contribution in [3.05, 3.63) is 88.1 Å². The molecule has 0 radical (unpaired) electrons. The number of likely N-dealkylation sites (tertiary alicyclic amines) is 1. The summed E-state index contributed by atoms with van der Waals surface area (Å²) in [6.07, 6.45) is 0.896. The highest BCUT2D eigenvalue weighted by molar-refractivity contribution is 6.04. The predicted molar refractivity (Wildman–Crippen MR) is 129 cm³/mol. The van der Waals surface area contributed by atoms with Crippen molar-refractivity contribution in [2.45, 2.75) is 18.9 Å². The van der Waals surface area contributed by atoms with Crippen LogP contribution in [0.4, 0.5) is 20.6 Å². The average Bonchev–Trinajstić information content (AvgIpc) is 2.86. The third-order valence-electron chi connectivity index (χ3n) is 6.59. The second-order valence-corrected chi connectivity index (χ2v) is 8.91. The van der Waals surface area contributed by atoms with E-state index in [-0.39, 0.29) is 34.7 Å². The predicted octanol–water partition coefficient (Wildman–Crippen LogP) is 3.90. The summed E-state index contributed by atoms with van der Waals surface area (Å²) in [6, 6.07) is 15.6. The van der Waals surface area contributed by atoms with Crippen LogP contribution in [0.2, 0.25) is 0 Å². The molecule has 5 rings (SSSR count). The third kappa shape index (κ3) is 4.62. The summed E-state index contributed by atoms with van der Waals surface area (Å²) in [5.41, 5.74) is 1.71. The molecule has 0 aliphatic carbocycles. The number of urea groups is 1. The van der Waals surface area contributed by atoms with Gasteiger partial charge in [-0.1, -0.05) is 0 Å². The van der Waals surface area contributed by atoms with Crippen LogP contribution in [0.5, 0.6) is 5.75 Å². The summed E-state index contributed by atoms with van der Waals surface area (Å²) >= 11 is 0. The first-order valence-electron chi connectivity index (χ1n) is 11.4. The monoisotopic (exact) mass is 476 g/mol. The van der Waals surface area contributed by atoms with E-state index in [1.807, 2.05) is 6.07 Å². The molecule has 3 aromatic rings. The van der Waals surface area contributed by atoms with E-state index in [1.54, 1.807) is 46.9 Å². The molecule has 1 fully saturated rings. The van der Waals surface area contributed by atoms with Crippen LogP contribution in [0.15, 0.2) is 65.5 Å². The molecule has 35 heavy (non-hydrogen) atoms. The van der Waals surface area contributed by atoms with E-state index in [2.05, 4.69) is 10.6 Å². The molecule has 1 saturated heterocycles. The minimum Gasteiger partial charge on any atom is -0.497 e. The number of anilines is 2. The zero-order chi connectivity index (χ0) is 24.5. The molecule has 3 amide bonds. The normalized spacial score (nSPS) is 18.4. The number of nitrogens with one attached hydrogen (secondary N) is 2. The molecule has 0 saturated carbocycles. The van der Waals surface area contributed by atoms with Crippen molar-refractivity contribution in [2.24, 2.45) is 5.92 Å². The highest BCUT2D eigenvalue weighted by atomic mass is 19.1. The van der Waals surface area contributed by atoms with E-state index in [0.717, 1.165) is 12.1 Å². The van der Waals surface area contributed by atoms with Gasteiger partial charge in [-0.05, 0) is 73.0 Å². The number of aromatic nitrogens is 1. The van der Waals surface area contributed by atoms with E-state index < -0.39 is 11.7 Å². The lowest BCUT2D eigenvalue weighted by Crippen LogP contribution is -2.50. The topological polar surface area (TPSA) is 92.7 Å². The third-order valence-corrected chi connectivity index (χ3v) is 6.59. The maximum atomic E-state index is 13.2. The van der Waals surface area contributed by atoms with E-state index in [0.29, 0.717) is 31.1 Å². The number of halogens is 1. The molecular formula is C26H25FN4O4. The Morgan fingerprint density at radius 3 is 2.40 bits per heavy atom. The van der Waals surface area contributed by atoms with E-state index in [4.69, 9.17) is 4.74 Å². The highest BCUT2D eigenvalue weighted by Crippen LogP contribution is 2.35. The van der Waals surface area contributed by atoms with Crippen LogP contribution in [0.3, 0.4) is 0 Å². The van der Waals surface area contributed by atoms with Gasteiger partial charge in [0.05, 0.1) is 7.11 Å². The van der Waals surface area contributed by atoms with Gasteiger partial charge in [-0.25, -0.2) is 9.18 Å². The molecule has 2 N–H and O–H groups in total. The highest BCUT2D eigenvalue weighted by Gasteiger charge is 2.36. The SMILES string of the molecule is COc1ccc(NC(=O)N2C[C@@H]3C[C@H](C2)c2ccc(NC(=O)c4ccc(F)cc4)c(=O)n2C3)cc1. The van der Waals surface area contributed by atoms with Gasteiger partial charge >= 0.3 is 6.03 Å². The van der Waals surface area contributed by atoms with E-state index >= 15 is 0 Å². The smallest absolute Gasteiger partial charge is 0.321 e. The van der Waals surface area contributed by atoms with Crippen molar-refractivity contribution in [3.8, 4) is 5.75 Å². The number of fused-ring (bicyclic) bond motifs is 4. The van der Waals surface area contributed by atoms with Crippen LogP contribution in [0.25, 0.3) is 0 Å². The lowest BCUT2D eigenvalue weighted by molar-refractivity contribution is 0.102. The number of rotatable bonds is 4. The van der Waals surface area contributed by atoms with Gasteiger partial charge in [-0.15, -0.1) is 0 Å². The minimum absolute atomic E-state index is 0.0265. The molecule has 3 heterocycles. The number of hydrogen-bond acceptors (Lipinski definition) is 4. The number of benzene rings is 2. The average molecular weight is 477 g/mol. The number of amides is 3. The second kappa shape index (κ2) is 9.25. The van der Waals surface area contributed by atoms with Crippen molar-refractivity contribution in [2.75, 3.05) is 30.8 Å². The number of piperidine rings is 1. The summed E-state index contributed by atoms with van der Waals surface area (Å²) in [7, 11) is 1.59. The Bertz CT molecular complexity index is 1320. The Balaban J connectivity index is 1.30. The number of hydrogen-bond donors (Lipinski definition) is 2. The lowest BCUT2D eigenvalue weighted by Gasteiger charge is -2.42. The first-order valence-corrected chi connectivity index (χ1v) is 11.4. The minimum atomic E-state index is -0.472. The summed E-state index contributed by atoms with van der Waals surface area (Å²) in [4.78, 5) is 40.4. The van der Waals surface area contributed by atoms with Gasteiger partial charge in [0.1, 0.15) is 17.3 Å². The Morgan fingerprint density at radius 1 is 0.943 bits per heavy atom. The van der Waals surface area contributed by atoms with Gasteiger partial charge in [-0.3, -0.25) is 9.59 Å². The number of methoxy groups -OCH3 is 1. The Kier molecular flexibility index (Phi) is 5.98. The van der Waals surface area contributed by atoms with Crippen LogP contribution in [0.1, 0.15) is 28.4 Å². The fourth-order valence-electron chi connectivity index (χ4n) is 4.88. The zero-order valence-electron chi connectivity index (χ0n) is 19.2. The number of carbonyl (C=O) groups excluding carboxylic acids is 2. The quantitative estimate of drug-likeness (QED) is 0.598. The summed E-state index contributed by atoms with van der Waals surface area (Å²) in [5.74, 6) is -0.0400. The maximum Gasteiger partial charge on any atom is 0.321 e. The molecule has 0 spiro atoms. The number of carbonyl (C=O) groups is 2. The summed E-state index contributed by atoms with van der Waals surface area (Å²) < 4.78 is 20.0. The zero-order valence-corrected chi connectivity index (χ0v) is 19.2. The first kappa shape index (κ1) is 22.6. The van der Waals surface area contributed by atoms with Gasteiger partial charge in [-0.2, -0.15) is 0 Å². The molecule has 2 atom stereocenters. The maximum absolute atomic E-state index is 13.2. The molecule has 180 valence electrons. The lowest BCUT2D eigenvalue weighted by atomic mass is 9.83. The molecule has 1 aromatic heterocycles. The number of nitrogens with zero attached hydrogens (tertiary/aromatic N) is 2. The number of ether oxygens (including phenoxy) is 1. The van der Waals surface area contributed by atoms with Crippen LogP contribution in [0, 0.1) is 11.7 Å². The van der Waals surface area contributed by atoms with Gasteiger partial charge in [0.2, 0.25) is 0 Å². The Labute approximate surface area is 201 Å². The molecule has 2 aliphatic heterocycles. The van der Waals surface area contributed by atoms with Gasteiger partial charge in [0.25, 0.3) is 11.5 Å². The van der Waals surface area contributed by atoms with Crippen molar-refractivity contribution in [1.29, 1.82) is 0 Å². The van der Waals surface area contributed by atoms with Crippen molar-refractivity contribution in [1.82, 2.24) is 9.47 Å². The fraction of sp³-hybridized carbons (Fsp3) is 0.269. The van der Waals surface area contributed by atoms with Crippen LogP contribution < -0.4 is 20.9 Å². The molecule has 2 aromatic carbocycles.